The van der Waals surface area contributed by atoms with E-state index in [1.807, 2.05) is 49.5 Å². The van der Waals surface area contributed by atoms with E-state index in [-0.39, 0.29) is 11.8 Å². The van der Waals surface area contributed by atoms with Crippen LogP contribution in [0.2, 0.25) is 5.02 Å². The monoisotopic (exact) mass is 552 g/mol. The first-order valence-electron chi connectivity index (χ1n) is 11.7. The van der Waals surface area contributed by atoms with Crippen molar-refractivity contribution in [1.82, 2.24) is 15.3 Å². The van der Waals surface area contributed by atoms with Gasteiger partial charge in [0.25, 0.3) is 0 Å². The summed E-state index contributed by atoms with van der Waals surface area (Å²) in [6.45, 7) is 2.76. The second-order valence-corrected chi connectivity index (χ2v) is 11.2. The zero-order chi connectivity index (χ0) is 24.8. The van der Waals surface area contributed by atoms with Crippen LogP contribution in [0.15, 0.2) is 48.7 Å². The van der Waals surface area contributed by atoms with Crippen LogP contribution in [-0.4, -0.2) is 51.1 Å². The van der Waals surface area contributed by atoms with Crippen molar-refractivity contribution in [1.29, 1.82) is 0 Å². The molecule has 2 heterocycles. The van der Waals surface area contributed by atoms with Crippen LogP contribution in [0.25, 0.3) is 0 Å². The topological polar surface area (TPSA) is 87.2 Å². The van der Waals surface area contributed by atoms with E-state index >= 15 is 0 Å². The molecular weight excluding hydrogens is 525 g/mol. The van der Waals surface area contributed by atoms with Gasteiger partial charge in [0, 0.05) is 0 Å². The molecule has 1 aliphatic heterocycles. The molecule has 0 saturated carbocycles. The molecule has 35 heavy (non-hydrogen) atoms. The molecule has 3 aromatic rings. The molecule has 0 saturated heterocycles. The van der Waals surface area contributed by atoms with Gasteiger partial charge in [-0.2, -0.15) is 0 Å². The van der Waals surface area contributed by atoms with Gasteiger partial charge in [0.15, 0.2) is 0 Å². The van der Waals surface area contributed by atoms with Gasteiger partial charge in [-0.05, 0) is 0 Å². The SMILES string of the molecule is CCCCNC(=O)c1ccccc1[As]c1nc(Nc2ccc3c(c2)CCCC(=O)N3C)ncc1Cl. The molecule has 0 spiro atoms. The van der Waals surface area contributed by atoms with Crippen LogP contribution >= 0.6 is 11.6 Å². The van der Waals surface area contributed by atoms with E-state index in [1.165, 1.54) is 0 Å². The summed E-state index contributed by atoms with van der Waals surface area (Å²) < 4.78 is 1.68. The van der Waals surface area contributed by atoms with E-state index in [4.69, 9.17) is 11.6 Å². The summed E-state index contributed by atoms with van der Waals surface area (Å²) in [7, 11) is 1.82. The molecule has 4 rings (SSSR count). The molecule has 0 bridgehead atoms. The molecular formula is C26H28AsClN5O2. The van der Waals surface area contributed by atoms with Gasteiger partial charge in [0.1, 0.15) is 0 Å². The maximum atomic E-state index is 12.7. The van der Waals surface area contributed by atoms with Crippen LogP contribution < -0.4 is 24.4 Å². The van der Waals surface area contributed by atoms with Crippen molar-refractivity contribution in [2.45, 2.75) is 39.0 Å². The molecule has 1 aliphatic rings. The van der Waals surface area contributed by atoms with E-state index in [0.717, 1.165) is 51.5 Å². The second-order valence-electron chi connectivity index (χ2n) is 8.38. The molecule has 9 heteroatoms. The first-order chi connectivity index (χ1) is 17.0. The number of hydrogen-bond donors (Lipinski definition) is 2. The van der Waals surface area contributed by atoms with Gasteiger partial charge >= 0.3 is 218 Å². The number of nitrogens with zero attached hydrogens (tertiary/aromatic N) is 3. The fraction of sp³-hybridized carbons (Fsp3) is 0.308. The van der Waals surface area contributed by atoms with Gasteiger partial charge in [0.2, 0.25) is 0 Å². The Hall–Kier alpha value is -2.89. The summed E-state index contributed by atoms with van der Waals surface area (Å²) in [5, 5.41) is 6.76. The Kier molecular flexibility index (Phi) is 8.42. The number of rotatable bonds is 8. The zero-order valence-corrected chi connectivity index (χ0v) is 22.5. The average Bonchev–Trinajstić information content (AvgIpc) is 2.99. The molecule has 1 aromatic heterocycles. The predicted octanol–water partition coefficient (Wildman–Crippen LogP) is 3.36. The number of benzene rings is 2. The number of anilines is 3. The van der Waals surface area contributed by atoms with Gasteiger partial charge in [0.05, 0.1) is 0 Å². The van der Waals surface area contributed by atoms with Crippen LogP contribution in [-0.2, 0) is 11.2 Å². The van der Waals surface area contributed by atoms with E-state index in [0.29, 0.717) is 29.5 Å². The predicted molar refractivity (Wildman–Crippen MR) is 142 cm³/mol. The van der Waals surface area contributed by atoms with Crippen molar-refractivity contribution in [2.24, 2.45) is 0 Å². The third-order valence-electron chi connectivity index (χ3n) is 5.82. The molecule has 7 nitrogen and oxygen atoms in total. The number of aryl methyl sites for hydroxylation is 1. The number of fused-ring (bicyclic) bond motifs is 1. The molecule has 0 atom stereocenters. The van der Waals surface area contributed by atoms with Gasteiger partial charge in [-0.1, -0.05) is 0 Å². The number of aromatic nitrogens is 2. The van der Waals surface area contributed by atoms with Gasteiger partial charge < -0.3 is 0 Å². The van der Waals surface area contributed by atoms with Crippen molar-refractivity contribution in [2.75, 3.05) is 23.8 Å². The van der Waals surface area contributed by atoms with Gasteiger partial charge in [-0.3, -0.25) is 0 Å². The van der Waals surface area contributed by atoms with Crippen LogP contribution in [0.5, 0.6) is 0 Å². The summed E-state index contributed by atoms with van der Waals surface area (Å²) in [4.78, 5) is 35.6. The minimum atomic E-state index is -0.632. The fourth-order valence-electron chi connectivity index (χ4n) is 3.90. The second kappa shape index (κ2) is 11.7. The number of halogens is 1. The van der Waals surface area contributed by atoms with Crippen LogP contribution in [0.3, 0.4) is 0 Å². The Labute approximate surface area is 217 Å². The number of nitrogens with one attached hydrogen (secondary N) is 2. The molecule has 2 amide bonds. The van der Waals surface area contributed by atoms with Gasteiger partial charge in [-0.25, -0.2) is 0 Å². The summed E-state index contributed by atoms with van der Waals surface area (Å²) in [5.41, 5.74) is 3.57. The van der Waals surface area contributed by atoms with E-state index in [1.54, 1.807) is 11.1 Å². The quantitative estimate of drug-likeness (QED) is 0.331. The number of carbonyl (C=O) groups is 2. The van der Waals surface area contributed by atoms with Crippen molar-refractivity contribution in [3.8, 4) is 0 Å². The Morgan fingerprint density at radius 2 is 2.03 bits per heavy atom. The molecule has 1 radical (unpaired) electrons. The van der Waals surface area contributed by atoms with Crippen molar-refractivity contribution >= 4 is 65.3 Å². The Morgan fingerprint density at radius 1 is 1.20 bits per heavy atom. The molecule has 2 N–H and O–H groups in total. The number of unbranched alkanes of at least 4 members (excludes halogenated alkanes) is 1. The molecule has 0 aliphatic carbocycles. The molecule has 2 aromatic carbocycles. The third kappa shape index (κ3) is 6.22. The zero-order valence-electron chi connectivity index (χ0n) is 19.8. The van der Waals surface area contributed by atoms with Crippen molar-refractivity contribution in [3.63, 3.8) is 0 Å². The Morgan fingerprint density at radius 3 is 2.86 bits per heavy atom. The summed E-state index contributed by atoms with van der Waals surface area (Å²) in [6.07, 6.45) is 5.80. The molecule has 0 unspecified atom stereocenters. The molecule has 0 fully saturated rings. The Bertz CT molecular complexity index is 1240. The summed E-state index contributed by atoms with van der Waals surface area (Å²) in [5.74, 6) is 0.515. The first kappa shape index (κ1) is 25.2. The van der Waals surface area contributed by atoms with Crippen molar-refractivity contribution < 1.29 is 9.59 Å². The minimum absolute atomic E-state index is 0.0682. The summed E-state index contributed by atoms with van der Waals surface area (Å²) >= 11 is 5.83. The molecule has 181 valence electrons. The van der Waals surface area contributed by atoms with Crippen LogP contribution in [0.4, 0.5) is 17.3 Å². The normalized spacial score (nSPS) is 13.6. The number of carbonyl (C=O) groups excluding carboxylic acids is 2. The Balaban J connectivity index is 1.54. The maximum absolute atomic E-state index is 12.7. The van der Waals surface area contributed by atoms with Crippen LogP contribution in [0.1, 0.15) is 48.5 Å². The summed E-state index contributed by atoms with van der Waals surface area (Å²) in [6, 6.07) is 13.5. The van der Waals surface area contributed by atoms with Gasteiger partial charge in [-0.15, -0.1) is 0 Å². The standard InChI is InChI=1S/C26H28AsClN5O2/c1-3-4-14-29-25(35)19-9-5-6-10-20(19)27-24-21(28)16-30-26(32-24)31-18-12-13-22-17(15-18)8-7-11-23(34)33(22)2/h5-6,9-10,12-13,15-16H,3-4,7-8,11,14H2,1-2H3,(H,29,35)(H,30,31,32). The van der Waals surface area contributed by atoms with E-state index < -0.39 is 15.8 Å². The fourth-order valence-corrected chi connectivity index (χ4v) is 6.30. The number of amides is 2. The van der Waals surface area contributed by atoms with Crippen molar-refractivity contribution in [3.05, 3.63) is 64.8 Å². The van der Waals surface area contributed by atoms with Crippen LogP contribution in [0, 0.1) is 0 Å². The van der Waals surface area contributed by atoms with E-state index in [9.17, 15) is 9.59 Å². The average molecular weight is 553 g/mol. The van der Waals surface area contributed by atoms with E-state index in [2.05, 4.69) is 27.5 Å². The first-order valence-corrected chi connectivity index (χ1v) is 14.0. The third-order valence-corrected chi connectivity index (χ3v) is 8.87. The number of hydrogen-bond acceptors (Lipinski definition) is 5.